The molecule has 0 fully saturated rings. The summed E-state index contributed by atoms with van der Waals surface area (Å²) < 4.78 is 11.8. The number of amides is 2. The van der Waals surface area contributed by atoms with Crippen molar-refractivity contribution in [1.29, 1.82) is 0 Å². The van der Waals surface area contributed by atoms with Gasteiger partial charge in [-0.1, -0.05) is 30.1 Å². The van der Waals surface area contributed by atoms with Crippen molar-refractivity contribution in [2.45, 2.75) is 19.8 Å². The van der Waals surface area contributed by atoms with Gasteiger partial charge in [0.1, 0.15) is 0 Å². The third-order valence-electron chi connectivity index (χ3n) is 3.92. The van der Waals surface area contributed by atoms with E-state index in [9.17, 15) is 9.59 Å². The molecule has 7 nitrogen and oxygen atoms in total. The summed E-state index contributed by atoms with van der Waals surface area (Å²) in [7, 11) is 1.55. The lowest BCUT2D eigenvalue weighted by atomic mass is 10.2. The first kappa shape index (κ1) is 25.0. The summed E-state index contributed by atoms with van der Waals surface area (Å²) in [6, 6.07) is 8.12. The van der Waals surface area contributed by atoms with Crippen LogP contribution >= 0.6 is 39.1 Å². The fraction of sp³-hybridized carbons (Fsp3) is 0.286. The lowest BCUT2D eigenvalue weighted by Crippen LogP contribution is -2.29. The molecule has 0 aromatic heterocycles. The number of ether oxygens (including phenoxy) is 2. The Morgan fingerprint density at radius 3 is 2.65 bits per heavy atom. The van der Waals surface area contributed by atoms with Gasteiger partial charge in [-0.25, -0.2) is 5.43 Å². The Kier molecular flexibility index (Phi) is 10.1. The summed E-state index contributed by atoms with van der Waals surface area (Å²) >= 11 is 15.2. The van der Waals surface area contributed by atoms with Gasteiger partial charge in [-0.05, 0) is 58.2 Å². The van der Waals surface area contributed by atoms with Gasteiger partial charge in [-0.3, -0.25) is 9.59 Å². The zero-order valence-corrected chi connectivity index (χ0v) is 20.1. The smallest absolute Gasteiger partial charge is 0.251 e. The van der Waals surface area contributed by atoms with E-state index in [0.29, 0.717) is 34.3 Å². The minimum atomic E-state index is -0.350. The van der Waals surface area contributed by atoms with Crippen molar-refractivity contribution in [3.63, 3.8) is 0 Å². The van der Waals surface area contributed by atoms with Crippen molar-refractivity contribution in [3.8, 4) is 11.5 Å². The summed E-state index contributed by atoms with van der Waals surface area (Å²) in [4.78, 5) is 24.0. The molecule has 0 aliphatic heterocycles. The Bertz CT molecular complexity index is 970. The zero-order chi connectivity index (χ0) is 22.8. The number of methoxy groups -OCH3 is 1. The van der Waals surface area contributed by atoms with Gasteiger partial charge in [0.2, 0.25) is 5.91 Å². The van der Waals surface area contributed by atoms with E-state index in [1.54, 1.807) is 25.3 Å². The molecule has 31 heavy (non-hydrogen) atoms. The molecule has 2 N–H and O–H groups in total. The Labute approximate surface area is 199 Å². The van der Waals surface area contributed by atoms with Crippen LogP contribution in [-0.4, -0.2) is 38.3 Å². The van der Waals surface area contributed by atoms with Crippen LogP contribution < -0.4 is 20.2 Å². The Hall–Kier alpha value is -2.29. The van der Waals surface area contributed by atoms with Crippen LogP contribution in [0.3, 0.4) is 0 Å². The summed E-state index contributed by atoms with van der Waals surface area (Å²) in [6.45, 7) is 2.73. The van der Waals surface area contributed by atoms with Crippen LogP contribution in [0.1, 0.15) is 35.7 Å². The van der Waals surface area contributed by atoms with Gasteiger partial charge in [-0.15, -0.1) is 0 Å². The molecule has 0 saturated heterocycles. The number of hydrazone groups is 1. The topological polar surface area (TPSA) is 89.0 Å². The van der Waals surface area contributed by atoms with E-state index in [-0.39, 0.29) is 29.8 Å². The predicted octanol–water partition coefficient (Wildman–Crippen LogP) is 4.82. The number of hydrogen-bond donors (Lipinski definition) is 2. The average molecular weight is 531 g/mol. The Morgan fingerprint density at radius 1 is 1.19 bits per heavy atom. The van der Waals surface area contributed by atoms with Crippen molar-refractivity contribution in [3.05, 3.63) is 56.0 Å². The van der Waals surface area contributed by atoms with Gasteiger partial charge in [0, 0.05) is 18.5 Å². The van der Waals surface area contributed by atoms with Gasteiger partial charge >= 0.3 is 0 Å². The minimum Gasteiger partial charge on any atom is -0.493 e. The fourth-order valence-corrected chi connectivity index (χ4v) is 3.29. The number of nitrogens with zero attached hydrogens (tertiary/aromatic N) is 1. The van der Waals surface area contributed by atoms with Crippen LogP contribution in [-0.2, 0) is 4.79 Å². The van der Waals surface area contributed by atoms with Gasteiger partial charge < -0.3 is 14.8 Å². The van der Waals surface area contributed by atoms with E-state index >= 15 is 0 Å². The highest BCUT2D eigenvalue weighted by Crippen LogP contribution is 2.36. The molecule has 0 aliphatic carbocycles. The van der Waals surface area contributed by atoms with Gasteiger partial charge in [0.25, 0.3) is 5.91 Å². The number of carbonyl (C=O) groups is 2. The molecule has 0 saturated carbocycles. The van der Waals surface area contributed by atoms with Crippen molar-refractivity contribution in [2.75, 3.05) is 20.3 Å². The molecule has 0 spiro atoms. The summed E-state index contributed by atoms with van der Waals surface area (Å²) in [5, 5.41) is 7.23. The SMILES string of the molecule is CCCOc1c(Br)cc(C=NNC(=O)CCNC(=O)c2ccc(Cl)c(Cl)c2)cc1OC. The van der Waals surface area contributed by atoms with E-state index in [1.807, 2.05) is 6.92 Å². The van der Waals surface area contributed by atoms with Crippen molar-refractivity contribution < 1.29 is 19.1 Å². The quantitative estimate of drug-likeness (QED) is 0.340. The predicted molar refractivity (Wildman–Crippen MR) is 126 cm³/mol. The number of halogens is 3. The maximum absolute atomic E-state index is 12.1. The van der Waals surface area contributed by atoms with E-state index in [0.717, 1.165) is 10.9 Å². The number of carbonyl (C=O) groups excluding carboxylic acids is 2. The molecule has 2 aromatic rings. The number of hydrogen-bond acceptors (Lipinski definition) is 5. The van der Waals surface area contributed by atoms with Crippen LogP contribution in [0, 0.1) is 0 Å². The average Bonchev–Trinajstić information content (AvgIpc) is 2.74. The fourth-order valence-electron chi connectivity index (χ4n) is 2.42. The van der Waals surface area contributed by atoms with Crippen molar-refractivity contribution in [1.82, 2.24) is 10.7 Å². The second-order valence-electron chi connectivity index (χ2n) is 6.31. The lowest BCUT2D eigenvalue weighted by Gasteiger charge is -2.12. The van der Waals surface area contributed by atoms with E-state index in [4.69, 9.17) is 32.7 Å². The van der Waals surface area contributed by atoms with E-state index in [2.05, 4.69) is 31.8 Å². The molecule has 0 radical (unpaired) electrons. The van der Waals surface area contributed by atoms with Crippen molar-refractivity contribution >= 4 is 57.2 Å². The molecule has 166 valence electrons. The highest BCUT2D eigenvalue weighted by molar-refractivity contribution is 9.10. The monoisotopic (exact) mass is 529 g/mol. The van der Waals surface area contributed by atoms with Gasteiger partial charge in [-0.2, -0.15) is 5.10 Å². The highest BCUT2D eigenvalue weighted by Gasteiger charge is 2.11. The second kappa shape index (κ2) is 12.5. The molecule has 2 aromatic carbocycles. The lowest BCUT2D eigenvalue weighted by molar-refractivity contribution is -0.120. The molecule has 0 bridgehead atoms. The number of nitrogens with one attached hydrogen (secondary N) is 2. The van der Waals surface area contributed by atoms with Gasteiger partial charge in [0.05, 0.1) is 34.4 Å². The molecule has 10 heteroatoms. The summed E-state index contributed by atoms with van der Waals surface area (Å²) in [6.07, 6.45) is 2.42. The maximum Gasteiger partial charge on any atom is 0.251 e. The Morgan fingerprint density at radius 2 is 1.97 bits per heavy atom. The van der Waals surface area contributed by atoms with Crippen LogP contribution in [0.2, 0.25) is 10.0 Å². The van der Waals surface area contributed by atoms with E-state index < -0.39 is 0 Å². The molecular weight excluding hydrogens is 509 g/mol. The highest BCUT2D eigenvalue weighted by atomic mass is 79.9. The molecule has 0 heterocycles. The van der Waals surface area contributed by atoms with E-state index in [1.165, 1.54) is 18.3 Å². The Balaban J connectivity index is 1.84. The van der Waals surface area contributed by atoms with Crippen LogP contribution in [0.5, 0.6) is 11.5 Å². The molecule has 0 unspecified atom stereocenters. The van der Waals surface area contributed by atoms with Crippen LogP contribution in [0.25, 0.3) is 0 Å². The second-order valence-corrected chi connectivity index (χ2v) is 7.98. The first-order valence-electron chi connectivity index (χ1n) is 9.41. The third-order valence-corrected chi connectivity index (χ3v) is 5.25. The number of benzene rings is 2. The molecule has 2 amide bonds. The summed E-state index contributed by atoms with van der Waals surface area (Å²) in [5.41, 5.74) is 3.49. The number of rotatable bonds is 10. The van der Waals surface area contributed by atoms with Crippen LogP contribution in [0.15, 0.2) is 39.9 Å². The van der Waals surface area contributed by atoms with Crippen LogP contribution in [0.4, 0.5) is 0 Å². The largest absolute Gasteiger partial charge is 0.493 e. The maximum atomic E-state index is 12.1. The van der Waals surface area contributed by atoms with Gasteiger partial charge in [0.15, 0.2) is 11.5 Å². The minimum absolute atomic E-state index is 0.0568. The first-order valence-corrected chi connectivity index (χ1v) is 11.0. The molecule has 0 aliphatic rings. The third kappa shape index (κ3) is 7.72. The molecular formula is C21H22BrCl2N3O4. The zero-order valence-electron chi connectivity index (χ0n) is 17.0. The molecule has 2 rings (SSSR count). The molecule has 0 atom stereocenters. The summed E-state index contributed by atoms with van der Waals surface area (Å²) in [5.74, 6) is 0.473. The first-order chi connectivity index (χ1) is 14.8. The normalized spacial score (nSPS) is 10.7. The van der Waals surface area contributed by atoms with Crippen molar-refractivity contribution in [2.24, 2.45) is 5.10 Å². The standard InChI is InChI=1S/C21H22BrCl2N3O4/c1-3-8-31-20-15(22)9-13(10-18(20)30-2)12-26-27-19(28)6-7-25-21(29)14-4-5-16(23)17(24)11-14/h4-5,9-12H,3,6-8H2,1-2H3,(H,25,29)(H,27,28).